The van der Waals surface area contributed by atoms with Crippen molar-refractivity contribution in [3.63, 3.8) is 0 Å². The van der Waals surface area contributed by atoms with E-state index in [-0.39, 0.29) is 5.82 Å². The quantitative estimate of drug-likeness (QED) is 0.640. The molecule has 18 heavy (non-hydrogen) atoms. The van der Waals surface area contributed by atoms with Crippen molar-refractivity contribution < 1.29 is 4.39 Å². The maximum atomic E-state index is 13.0. The molecule has 2 aromatic rings. The summed E-state index contributed by atoms with van der Waals surface area (Å²) in [5.41, 5.74) is 8.13. The molecule has 0 unspecified atom stereocenters. The van der Waals surface area contributed by atoms with E-state index in [1.165, 1.54) is 12.1 Å². The predicted octanol–water partition coefficient (Wildman–Crippen LogP) is 3.63. The highest BCUT2D eigenvalue weighted by molar-refractivity contribution is 14.1. The fraction of sp³-hybridized carbons (Fsp3) is 0. The van der Waals surface area contributed by atoms with Gasteiger partial charge in [0, 0.05) is 9.26 Å². The van der Waals surface area contributed by atoms with Crippen LogP contribution in [0.15, 0.2) is 36.4 Å². The average molecular weight is 353 g/mol. The molecule has 0 aromatic heterocycles. The van der Waals surface area contributed by atoms with Crippen molar-refractivity contribution in [1.82, 2.24) is 0 Å². The van der Waals surface area contributed by atoms with Crippen molar-refractivity contribution in [2.45, 2.75) is 0 Å². The number of hydrogen-bond acceptors (Lipinski definition) is 3. The molecule has 0 radical (unpaired) electrons. The lowest BCUT2D eigenvalue weighted by Crippen LogP contribution is -1.96. The first-order chi connectivity index (χ1) is 8.60. The van der Waals surface area contributed by atoms with Crippen LogP contribution in [0.5, 0.6) is 0 Å². The van der Waals surface area contributed by atoms with Gasteiger partial charge in [0.15, 0.2) is 0 Å². The average Bonchev–Trinajstić information content (AvgIpc) is 2.33. The van der Waals surface area contributed by atoms with E-state index < -0.39 is 0 Å². The first-order valence-corrected chi connectivity index (χ1v) is 6.20. The third-order valence-electron chi connectivity index (χ3n) is 2.38. The van der Waals surface area contributed by atoms with E-state index >= 15 is 0 Å². The van der Waals surface area contributed by atoms with Crippen LogP contribution in [0.2, 0.25) is 0 Å². The Hall–Kier alpha value is -1.81. The maximum Gasteiger partial charge on any atom is 0.124 e. The number of nitrogens with zero attached hydrogens (tertiary/aromatic N) is 1. The second kappa shape index (κ2) is 5.23. The summed E-state index contributed by atoms with van der Waals surface area (Å²) in [7, 11) is 0. The molecule has 0 aliphatic rings. The van der Waals surface area contributed by atoms with Crippen molar-refractivity contribution in [2.24, 2.45) is 0 Å². The molecule has 90 valence electrons. The highest BCUT2D eigenvalue weighted by atomic mass is 127. The van der Waals surface area contributed by atoms with E-state index in [4.69, 9.17) is 11.0 Å². The van der Waals surface area contributed by atoms with E-state index in [1.807, 2.05) is 28.7 Å². The summed E-state index contributed by atoms with van der Waals surface area (Å²) in [4.78, 5) is 0. The highest BCUT2D eigenvalue weighted by Crippen LogP contribution is 2.25. The molecule has 0 bridgehead atoms. The van der Waals surface area contributed by atoms with E-state index in [0.29, 0.717) is 11.3 Å². The number of hydrogen-bond donors (Lipinski definition) is 2. The summed E-state index contributed by atoms with van der Waals surface area (Å²) in [6, 6.07) is 11.6. The van der Waals surface area contributed by atoms with Crippen LogP contribution in [0, 0.1) is 20.7 Å². The summed E-state index contributed by atoms with van der Waals surface area (Å²) in [6.45, 7) is 0. The molecule has 0 heterocycles. The van der Waals surface area contributed by atoms with Gasteiger partial charge in [-0.15, -0.1) is 0 Å². The SMILES string of the molecule is N#Cc1ccc(Nc2ccc(F)cc2I)cc1N. The molecule has 5 heteroatoms. The number of nitriles is 1. The van der Waals surface area contributed by atoms with Gasteiger partial charge in [-0.25, -0.2) is 4.39 Å². The molecule has 2 rings (SSSR count). The Morgan fingerprint density at radius 2 is 2.00 bits per heavy atom. The van der Waals surface area contributed by atoms with Gasteiger partial charge in [-0.1, -0.05) is 0 Å². The van der Waals surface area contributed by atoms with Gasteiger partial charge < -0.3 is 11.1 Å². The standard InChI is InChI=1S/C13H9FIN3/c14-9-2-4-13(11(15)5-9)18-10-3-1-8(7-16)12(17)6-10/h1-6,18H,17H2. The first-order valence-electron chi connectivity index (χ1n) is 5.12. The van der Waals surface area contributed by atoms with Gasteiger partial charge in [0.25, 0.3) is 0 Å². The van der Waals surface area contributed by atoms with Gasteiger partial charge in [0.05, 0.1) is 16.9 Å². The van der Waals surface area contributed by atoms with Gasteiger partial charge in [-0.05, 0) is 59.0 Å². The van der Waals surface area contributed by atoms with Crippen molar-refractivity contribution in [3.05, 3.63) is 51.3 Å². The van der Waals surface area contributed by atoms with Crippen LogP contribution in [0.25, 0.3) is 0 Å². The zero-order valence-electron chi connectivity index (χ0n) is 9.24. The van der Waals surface area contributed by atoms with Gasteiger partial charge in [0.1, 0.15) is 11.9 Å². The molecule has 0 aliphatic carbocycles. The smallest absolute Gasteiger partial charge is 0.124 e. The molecule has 3 N–H and O–H groups in total. The summed E-state index contributed by atoms with van der Waals surface area (Å²) < 4.78 is 13.7. The summed E-state index contributed by atoms with van der Waals surface area (Å²) in [6.07, 6.45) is 0. The monoisotopic (exact) mass is 353 g/mol. The van der Waals surface area contributed by atoms with Crippen LogP contribution in [0.3, 0.4) is 0 Å². The number of anilines is 3. The normalized spacial score (nSPS) is 9.83. The molecular weight excluding hydrogens is 344 g/mol. The van der Waals surface area contributed by atoms with E-state index in [1.54, 1.807) is 24.3 Å². The van der Waals surface area contributed by atoms with Crippen molar-refractivity contribution in [2.75, 3.05) is 11.1 Å². The molecule has 0 atom stereocenters. The minimum atomic E-state index is -0.274. The minimum Gasteiger partial charge on any atom is -0.398 e. The van der Waals surface area contributed by atoms with Crippen molar-refractivity contribution in [3.8, 4) is 6.07 Å². The van der Waals surface area contributed by atoms with Crippen LogP contribution in [-0.2, 0) is 0 Å². The fourth-order valence-corrected chi connectivity index (χ4v) is 2.10. The van der Waals surface area contributed by atoms with Crippen LogP contribution in [0.1, 0.15) is 5.56 Å². The third-order valence-corrected chi connectivity index (χ3v) is 3.27. The van der Waals surface area contributed by atoms with Gasteiger partial charge in [0.2, 0.25) is 0 Å². The number of rotatable bonds is 2. The van der Waals surface area contributed by atoms with Gasteiger partial charge in [-0.3, -0.25) is 0 Å². The lowest BCUT2D eigenvalue weighted by atomic mass is 10.1. The summed E-state index contributed by atoms with van der Waals surface area (Å²) in [5.74, 6) is -0.274. The molecular formula is C13H9FIN3. The predicted molar refractivity (Wildman–Crippen MR) is 78.0 cm³/mol. The third kappa shape index (κ3) is 2.71. The number of nitrogen functional groups attached to an aromatic ring is 1. The molecule has 0 amide bonds. The Balaban J connectivity index is 2.29. The fourth-order valence-electron chi connectivity index (χ4n) is 1.49. The summed E-state index contributed by atoms with van der Waals surface area (Å²) in [5, 5.41) is 11.9. The number of benzene rings is 2. The molecule has 3 nitrogen and oxygen atoms in total. The Morgan fingerprint density at radius 1 is 1.22 bits per heavy atom. The highest BCUT2D eigenvalue weighted by Gasteiger charge is 2.04. The number of nitrogens with two attached hydrogens (primary N) is 1. The Labute approximate surface area is 118 Å². The maximum absolute atomic E-state index is 13.0. The van der Waals surface area contributed by atoms with Crippen LogP contribution < -0.4 is 11.1 Å². The van der Waals surface area contributed by atoms with Crippen molar-refractivity contribution >= 4 is 39.7 Å². The van der Waals surface area contributed by atoms with Crippen molar-refractivity contribution in [1.29, 1.82) is 5.26 Å². The minimum absolute atomic E-state index is 0.274. The largest absolute Gasteiger partial charge is 0.398 e. The second-order valence-electron chi connectivity index (χ2n) is 3.66. The molecule has 0 saturated heterocycles. The van der Waals surface area contributed by atoms with E-state index in [2.05, 4.69) is 5.32 Å². The summed E-state index contributed by atoms with van der Waals surface area (Å²) >= 11 is 2.05. The Bertz CT molecular complexity index is 635. The van der Waals surface area contributed by atoms with E-state index in [0.717, 1.165) is 14.9 Å². The van der Waals surface area contributed by atoms with Crippen LogP contribution in [-0.4, -0.2) is 0 Å². The Morgan fingerprint density at radius 3 is 2.61 bits per heavy atom. The zero-order valence-corrected chi connectivity index (χ0v) is 11.4. The topological polar surface area (TPSA) is 61.8 Å². The lowest BCUT2D eigenvalue weighted by Gasteiger charge is -2.09. The number of halogens is 2. The first kappa shape index (κ1) is 12.6. The number of nitrogens with one attached hydrogen (secondary N) is 1. The van der Waals surface area contributed by atoms with Crippen LogP contribution >= 0.6 is 22.6 Å². The van der Waals surface area contributed by atoms with Gasteiger partial charge in [-0.2, -0.15) is 5.26 Å². The zero-order chi connectivity index (χ0) is 13.1. The van der Waals surface area contributed by atoms with Gasteiger partial charge >= 0.3 is 0 Å². The molecule has 0 spiro atoms. The molecule has 2 aromatic carbocycles. The van der Waals surface area contributed by atoms with E-state index in [9.17, 15) is 4.39 Å². The Kier molecular flexibility index (Phi) is 3.67. The second-order valence-corrected chi connectivity index (χ2v) is 4.83. The molecule has 0 fully saturated rings. The molecule has 0 aliphatic heterocycles. The molecule has 0 saturated carbocycles. The lowest BCUT2D eigenvalue weighted by molar-refractivity contribution is 0.627. The van der Waals surface area contributed by atoms with Crippen LogP contribution in [0.4, 0.5) is 21.5 Å².